The van der Waals surface area contributed by atoms with Crippen LogP contribution >= 0.6 is 23.2 Å². The van der Waals surface area contributed by atoms with Gasteiger partial charge in [-0.15, -0.1) is 0 Å². The van der Waals surface area contributed by atoms with Crippen molar-refractivity contribution in [1.29, 1.82) is 0 Å². The first-order valence-electron chi connectivity index (χ1n) is 7.27. The second kappa shape index (κ2) is 7.31. The van der Waals surface area contributed by atoms with Crippen LogP contribution in [0.1, 0.15) is 35.2 Å². The number of likely N-dealkylation sites (N-methyl/N-ethyl adjacent to an activating group) is 1. The monoisotopic (exact) mass is 321 g/mol. The van der Waals surface area contributed by atoms with E-state index in [1.807, 2.05) is 18.2 Å². The molecule has 0 saturated heterocycles. The third-order valence-corrected chi connectivity index (χ3v) is 4.65. The van der Waals surface area contributed by atoms with E-state index in [0.717, 1.165) is 28.6 Å². The lowest BCUT2D eigenvalue weighted by molar-refractivity contribution is 0.547. The Morgan fingerprint density at radius 1 is 1.00 bits per heavy atom. The van der Waals surface area contributed by atoms with Crippen molar-refractivity contribution >= 4 is 23.2 Å². The second-order valence-electron chi connectivity index (χ2n) is 5.30. The summed E-state index contributed by atoms with van der Waals surface area (Å²) in [6.45, 7) is 7.33. The highest BCUT2D eigenvalue weighted by atomic mass is 35.5. The van der Waals surface area contributed by atoms with Gasteiger partial charge in [0.1, 0.15) is 0 Å². The van der Waals surface area contributed by atoms with Gasteiger partial charge in [0.15, 0.2) is 0 Å². The number of nitrogens with one attached hydrogen (secondary N) is 1. The van der Waals surface area contributed by atoms with Crippen molar-refractivity contribution < 1.29 is 0 Å². The van der Waals surface area contributed by atoms with E-state index in [4.69, 9.17) is 23.2 Å². The second-order valence-corrected chi connectivity index (χ2v) is 6.12. The highest BCUT2D eigenvalue weighted by Gasteiger charge is 2.17. The fraction of sp³-hybridized carbons (Fsp3) is 0.333. The van der Waals surface area contributed by atoms with Crippen LogP contribution in [-0.4, -0.2) is 6.54 Å². The Balaban J connectivity index is 2.38. The summed E-state index contributed by atoms with van der Waals surface area (Å²) in [6.07, 6.45) is 0.788. The first-order chi connectivity index (χ1) is 10.0. The van der Waals surface area contributed by atoms with Crippen molar-refractivity contribution in [3.05, 3.63) is 68.7 Å². The molecule has 1 atom stereocenters. The van der Waals surface area contributed by atoms with Gasteiger partial charge in [0, 0.05) is 16.1 Å². The minimum Gasteiger partial charge on any atom is -0.310 e. The molecule has 2 aromatic rings. The van der Waals surface area contributed by atoms with E-state index in [9.17, 15) is 0 Å². The summed E-state index contributed by atoms with van der Waals surface area (Å²) in [7, 11) is 0. The van der Waals surface area contributed by atoms with Gasteiger partial charge >= 0.3 is 0 Å². The average molecular weight is 322 g/mol. The molecule has 21 heavy (non-hydrogen) atoms. The molecular weight excluding hydrogens is 301 g/mol. The molecule has 112 valence electrons. The highest BCUT2D eigenvalue weighted by molar-refractivity contribution is 6.36. The fourth-order valence-electron chi connectivity index (χ4n) is 2.62. The van der Waals surface area contributed by atoms with Crippen LogP contribution in [-0.2, 0) is 6.42 Å². The predicted octanol–water partition coefficient (Wildman–Crippen LogP) is 5.50. The number of rotatable bonds is 5. The van der Waals surface area contributed by atoms with Crippen molar-refractivity contribution in [2.24, 2.45) is 0 Å². The van der Waals surface area contributed by atoms with Crippen LogP contribution < -0.4 is 5.32 Å². The molecule has 3 heteroatoms. The molecule has 1 nitrogen and oxygen atoms in total. The van der Waals surface area contributed by atoms with Crippen LogP contribution in [0, 0.1) is 13.8 Å². The molecule has 0 saturated carbocycles. The third-order valence-electron chi connectivity index (χ3n) is 3.94. The van der Waals surface area contributed by atoms with Crippen LogP contribution in [0.25, 0.3) is 0 Å². The molecule has 0 aliphatic carbocycles. The number of halogens is 2. The van der Waals surface area contributed by atoms with Crippen LogP contribution in [0.4, 0.5) is 0 Å². The van der Waals surface area contributed by atoms with E-state index in [1.165, 1.54) is 16.7 Å². The van der Waals surface area contributed by atoms with Gasteiger partial charge in [-0.2, -0.15) is 0 Å². The summed E-state index contributed by atoms with van der Waals surface area (Å²) in [5.74, 6) is 0. The lowest BCUT2D eigenvalue weighted by atomic mass is 9.93. The minimum absolute atomic E-state index is 0.215. The van der Waals surface area contributed by atoms with E-state index in [2.05, 4.69) is 44.3 Å². The Morgan fingerprint density at radius 3 is 2.24 bits per heavy atom. The Morgan fingerprint density at radius 2 is 1.62 bits per heavy atom. The molecule has 2 rings (SSSR count). The van der Waals surface area contributed by atoms with Crippen molar-refractivity contribution in [2.75, 3.05) is 6.54 Å². The molecule has 2 aromatic carbocycles. The largest absolute Gasteiger partial charge is 0.310 e. The maximum Gasteiger partial charge on any atom is 0.0453 e. The average Bonchev–Trinajstić information content (AvgIpc) is 2.45. The van der Waals surface area contributed by atoms with E-state index in [0.29, 0.717) is 0 Å². The summed E-state index contributed by atoms with van der Waals surface area (Å²) in [5.41, 5.74) is 4.95. The Bertz CT molecular complexity index is 602. The molecular formula is C18H21Cl2N. The number of hydrogen-bond acceptors (Lipinski definition) is 1. The summed E-state index contributed by atoms with van der Waals surface area (Å²) in [6, 6.07) is 12.3. The number of benzene rings is 2. The highest BCUT2D eigenvalue weighted by Crippen LogP contribution is 2.31. The smallest absolute Gasteiger partial charge is 0.0453 e. The zero-order valence-electron chi connectivity index (χ0n) is 12.7. The van der Waals surface area contributed by atoms with Crippen LogP contribution in [0.3, 0.4) is 0 Å². The molecule has 0 spiro atoms. The van der Waals surface area contributed by atoms with Crippen LogP contribution in [0.2, 0.25) is 10.0 Å². The fourth-order valence-corrected chi connectivity index (χ4v) is 3.17. The van der Waals surface area contributed by atoms with E-state index in [-0.39, 0.29) is 6.04 Å². The Labute approximate surface area is 137 Å². The Kier molecular flexibility index (Phi) is 5.69. The predicted molar refractivity (Wildman–Crippen MR) is 92.5 cm³/mol. The lowest BCUT2D eigenvalue weighted by Crippen LogP contribution is -2.24. The number of hydrogen-bond donors (Lipinski definition) is 1. The Hall–Kier alpha value is -1.02. The molecule has 0 aliphatic heterocycles. The van der Waals surface area contributed by atoms with Gasteiger partial charge in [-0.05, 0) is 61.2 Å². The molecule has 0 aromatic heterocycles. The summed E-state index contributed by atoms with van der Waals surface area (Å²) in [4.78, 5) is 0. The maximum atomic E-state index is 6.32. The zero-order valence-corrected chi connectivity index (χ0v) is 14.2. The van der Waals surface area contributed by atoms with Crippen molar-refractivity contribution in [3.8, 4) is 0 Å². The van der Waals surface area contributed by atoms with Gasteiger partial charge in [-0.1, -0.05) is 54.4 Å². The zero-order chi connectivity index (χ0) is 15.4. The van der Waals surface area contributed by atoms with Gasteiger partial charge in [0.25, 0.3) is 0 Å². The van der Waals surface area contributed by atoms with E-state index in [1.54, 1.807) is 0 Å². The molecule has 1 N–H and O–H groups in total. The summed E-state index contributed by atoms with van der Waals surface area (Å²) in [5, 5.41) is 5.02. The van der Waals surface area contributed by atoms with E-state index < -0.39 is 0 Å². The SMILES string of the molecule is CCNC(Cc1c(Cl)cccc1Cl)c1cccc(C)c1C. The van der Waals surface area contributed by atoms with Crippen molar-refractivity contribution in [1.82, 2.24) is 5.32 Å². The summed E-state index contributed by atoms with van der Waals surface area (Å²) < 4.78 is 0. The van der Waals surface area contributed by atoms with Crippen LogP contribution in [0.5, 0.6) is 0 Å². The summed E-state index contributed by atoms with van der Waals surface area (Å²) >= 11 is 12.6. The topological polar surface area (TPSA) is 12.0 Å². The van der Waals surface area contributed by atoms with E-state index >= 15 is 0 Å². The van der Waals surface area contributed by atoms with Gasteiger partial charge in [-0.3, -0.25) is 0 Å². The molecule has 0 amide bonds. The normalized spacial score (nSPS) is 12.4. The maximum absolute atomic E-state index is 6.32. The van der Waals surface area contributed by atoms with Gasteiger partial charge < -0.3 is 5.32 Å². The first-order valence-corrected chi connectivity index (χ1v) is 8.02. The molecule has 0 aliphatic rings. The third kappa shape index (κ3) is 3.79. The van der Waals surface area contributed by atoms with Crippen molar-refractivity contribution in [3.63, 3.8) is 0 Å². The molecule has 0 radical (unpaired) electrons. The van der Waals surface area contributed by atoms with Gasteiger partial charge in [-0.25, -0.2) is 0 Å². The van der Waals surface area contributed by atoms with Crippen molar-refractivity contribution in [2.45, 2.75) is 33.2 Å². The molecule has 1 unspecified atom stereocenters. The standard InChI is InChI=1S/C18H21Cl2N/c1-4-21-18(14-8-5-7-12(2)13(14)3)11-15-16(19)9-6-10-17(15)20/h5-10,18,21H,4,11H2,1-3H3. The minimum atomic E-state index is 0.215. The van der Waals surface area contributed by atoms with Crippen LogP contribution in [0.15, 0.2) is 36.4 Å². The van der Waals surface area contributed by atoms with Gasteiger partial charge in [0.05, 0.1) is 0 Å². The van der Waals surface area contributed by atoms with Gasteiger partial charge in [0.2, 0.25) is 0 Å². The molecule has 0 bridgehead atoms. The molecule has 0 heterocycles. The first kappa shape index (κ1) is 16.4. The number of aryl methyl sites for hydroxylation is 1. The lowest BCUT2D eigenvalue weighted by Gasteiger charge is -2.22. The quantitative estimate of drug-likeness (QED) is 0.766. The molecule has 0 fully saturated rings.